The number of nitrogens with two attached hydrogens (primary N) is 1. The van der Waals surface area contributed by atoms with E-state index < -0.39 is 12.0 Å². The molecule has 1 aliphatic heterocycles. The Morgan fingerprint density at radius 3 is 2.78 bits per heavy atom. The number of fused-ring (bicyclic) bond motifs is 1. The Morgan fingerprint density at radius 1 is 1.22 bits per heavy atom. The van der Waals surface area contributed by atoms with Crippen LogP contribution in [0.2, 0.25) is 5.02 Å². The summed E-state index contributed by atoms with van der Waals surface area (Å²) < 4.78 is 9.95. The summed E-state index contributed by atoms with van der Waals surface area (Å²) >= 11 is 6.05. The first-order valence-corrected chi connectivity index (χ1v) is 10.8. The molecule has 1 saturated heterocycles. The summed E-state index contributed by atoms with van der Waals surface area (Å²) in [6.45, 7) is 2.26. The minimum Gasteiger partial charge on any atom is -0.441 e. The molecule has 1 aliphatic rings. The standard InChI is InChI=1S/C22H24ClN5O4/c23-16-2-3-18-15(11-16)1-4-20(26-18)28-9-6-14(7-10-28)5-8-25-22(30)31-13-17-12-19(21(24)29)27-32-17/h1-4,11-12,14H,5-10,13H2,(H2,24,29)(H,25,30). The highest BCUT2D eigenvalue weighted by Gasteiger charge is 2.20. The Balaban J connectivity index is 1.17. The predicted molar refractivity (Wildman–Crippen MR) is 120 cm³/mol. The zero-order valence-electron chi connectivity index (χ0n) is 17.4. The zero-order valence-corrected chi connectivity index (χ0v) is 18.2. The topological polar surface area (TPSA) is 124 Å². The third kappa shape index (κ3) is 5.47. The van der Waals surface area contributed by atoms with E-state index in [4.69, 9.17) is 31.6 Å². The number of pyridine rings is 1. The van der Waals surface area contributed by atoms with Crippen LogP contribution in [-0.4, -0.2) is 41.8 Å². The second kappa shape index (κ2) is 9.86. The molecular formula is C22H24ClN5O4. The number of halogens is 1. The van der Waals surface area contributed by atoms with Crippen molar-refractivity contribution in [2.75, 3.05) is 24.5 Å². The summed E-state index contributed by atoms with van der Waals surface area (Å²) in [4.78, 5) is 29.9. The summed E-state index contributed by atoms with van der Waals surface area (Å²) in [5.41, 5.74) is 6.03. The molecule has 0 aliphatic carbocycles. The van der Waals surface area contributed by atoms with Crippen LogP contribution in [0.1, 0.15) is 35.5 Å². The molecule has 4 rings (SSSR count). The number of anilines is 1. The van der Waals surface area contributed by atoms with E-state index in [0.29, 0.717) is 17.5 Å². The van der Waals surface area contributed by atoms with Crippen molar-refractivity contribution in [3.63, 3.8) is 0 Å². The van der Waals surface area contributed by atoms with Crippen LogP contribution in [0.4, 0.5) is 10.6 Å². The highest BCUT2D eigenvalue weighted by molar-refractivity contribution is 6.31. The quantitative estimate of drug-likeness (QED) is 0.556. The van der Waals surface area contributed by atoms with E-state index in [0.717, 1.165) is 49.1 Å². The van der Waals surface area contributed by atoms with Crippen molar-refractivity contribution in [3.8, 4) is 0 Å². The Bertz CT molecular complexity index is 1110. The number of rotatable bonds is 7. The number of amides is 2. The van der Waals surface area contributed by atoms with Gasteiger partial charge in [-0.3, -0.25) is 4.79 Å². The van der Waals surface area contributed by atoms with Gasteiger partial charge in [-0.15, -0.1) is 0 Å². The highest BCUT2D eigenvalue weighted by Crippen LogP contribution is 2.26. The number of aromatic nitrogens is 2. The van der Waals surface area contributed by atoms with Crippen molar-refractivity contribution >= 4 is 40.3 Å². The molecule has 10 heteroatoms. The van der Waals surface area contributed by atoms with Crippen LogP contribution in [0.5, 0.6) is 0 Å². The summed E-state index contributed by atoms with van der Waals surface area (Å²) in [5.74, 6) is 1.06. The number of benzene rings is 1. The molecule has 3 N–H and O–H groups in total. The number of nitrogens with one attached hydrogen (secondary N) is 1. The fraction of sp³-hybridized carbons (Fsp3) is 0.364. The van der Waals surface area contributed by atoms with Crippen LogP contribution in [-0.2, 0) is 11.3 Å². The van der Waals surface area contributed by atoms with Gasteiger partial charge in [0.15, 0.2) is 18.1 Å². The molecule has 2 amide bonds. The molecule has 0 atom stereocenters. The molecule has 0 saturated carbocycles. The SMILES string of the molecule is NC(=O)c1cc(COC(=O)NCCC2CCN(c3ccc4cc(Cl)ccc4n3)CC2)on1. The van der Waals surface area contributed by atoms with E-state index in [1.807, 2.05) is 24.3 Å². The van der Waals surface area contributed by atoms with Gasteiger partial charge in [-0.1, -0.05) is 16.8 Å². The first-order valence-electron chi connectivity index (χ1n) is 10.5. The smallest absolute Gasteiger partial charge is 0.407 e. The molecule has 32 heavy (non-hydrogen) atoms. The van der Waals surface area contributed by atoms with Crippen molar-refractivity contribution in [1.29, 1.82) is 0 Å². The fourth-order valence-corrected chi connectivity index (χ4v) is 3.96. The third-order valence-corrected chi connectivity index (χ3v) is 5.79. The van der Waals surface area contributed by atoms with Crippen LogP contribution in [0.25, 0.3) is 10.9 Å². The number of carbonyl (C=O) groups is 2. The third-order valence-electron chi connectivity index (χ3n) is 5.55. The second-order valence-electron chi connectivity index (χ2n) is 7.77. The maximum atomic E-state index is 11.9. The molecule has 1 fully saturated rings. The Labute approximate surface area is 189 Å². The number of primary amides is 1. The number of alkyl carbamates (subject to hydrolysis) is 1. The van der Waals surface area contributed by atoms with Gasteiger partial charge in [-0.05, 0) is 55.5 Å². The molecule has 168 valence electrons. The zero-order chi connectivity index (χ0) is 22.5. The van der Waals surface area contributed by atoms with E-state index in [2.05, 4.69) is 21.4 Å². The number of carbonyl (C=O) groups excluding carboxylic acids is 2. The van der Waals surface area contributed by atoms with Gasteiger partial charge in [0.2, 0.25) is 0 Å². The molecule has 1 aromatic carbocycles. The minimum absolute atomic E-state index is 0.00126. The van der Waals surface area contributed by atoms with Gasteiger partial charge < -0.3 is 25.2 Å². The Morgan fingerprint density at radius 2 is 2.03 bits per heavy atom. The van der Waals surface area contributed by atoms with Crippen molar-refractivity contribution in [3.05, 3.63) is 52.9 Å². The molecule has 0 radical (unpaired) electrons. The van der Waals surface area contributed by atoms with Crippen LogP contribution < -0.4 is 16.0 Å². The van der Waals surface area contributed by atoms with Crippen molar-refractivity contribution in [1.82, 2.24) is 15.5 Å². The summed E-state index contributed by atoms with van der Waals surface area (Å²) in [6, 6.07) is 11.2. The van der Waals surface area contributed by atoms with Crippen LogP contribution in [0.15, 0.2) is 40.9 Å². The number of ether oxygens (including phenoxy) is 1. The molecule has 3 aromatic rings. The average molecular weight is 458 g/mol. The van der Waals surface area contributed by atoms with Crippen LogP contribution in [0.3, 0.4) is 0 Å². The van der Waals surface area contributed by atoms with Crippen molar-refractivity contribution in [2.45, 2.75) is 25.9 Å². The number of hydrogen-bond donors (Lipinski definition) is 2. The molecule has 9 nitrogen and oxygen atoms in total. The van der Waals surface area contributed by atoms with Crippen LogP contribution >= 0.6 is 11.6 Å². The lowest BCUT2D eigenvalue weighted by molar-refractivity contribution is 0.0989. The minimum atomic E-state index is -0.697. The van der Waals surface area contributed by atoms with Crippen molar-refractivity contribution in [2.24, 2.45) is 11.7 Å². The van der Waals surface area contributed by atoms with Gasteiger partial charge >= 0.3 is 6.09 Å². The Hall–Kier alpha value is -3.33. The summed E-state index contributed by atoms with van der Waals surface area (Å²) in [7, 11) is 0. The van der Waals surface area contributed by atoms with E-state index in [1.165, 1.54) is 6.07 Å². The van der Waals surface area contributed by atoms with Gasteiger partial charge in [0, 0.05) is 36.1 Å². The van der Waals surface area contributed by atoms with Gasteiger partial charge in [0.25, 0.3) is 5.91 Å². The maximum absolute atomic E-state index is 11.9. The number of piperidine rings is 1. The van der Waals surface area contributed by atoms with E-state index in [9.17, 15) is 9.59 Å². The van der Waals surface area contributed by atoms with Crippen LogP contribution in [0, 0.1) is 5.92 Å². The monoisotopic (exact) mass is 457 g/mol. The lowest BCUT2D eigenvalue weighted by Crippen LogP contribution is -2.35. The highest BCUT2D eigenvalue weighted by atomic mass is 35.5. The molecule has 0 bridgehead atoms. The number of nitrogens with zero attached hydrogens (tertiary/aromatic N) is 3. The molecule has 2 aromatic heterocycles. The summed E-state index contributed by atoms with van der Waals surface area (Å²) in [5, 5.41) is 7.98. The van der Waals surface area contributed by atoms with Gasteiger partial charge in [0.1, 0.15) is 5.82 Å². The van der Waals surface area contributed by atoms with E-state index in [-0.39, 0.29) is 18.1 Å². The van der Waals surface area contributed by atoms with E-state index in [1.54, 1.807) is 0 Å². The molecule has 0 spiro atoms. The normalized spacial score (nSPS) is 14.5. The lowest BCUT2D eigenvalue weighted by atomic mass is 9.93. The lowest BCUT2D eigenvalue weighted by Gasteiger charge is -2.33. The van der Waals surface area contributed by atoms with E-state index >= 15 is 0 Å². The largest absolute Gasteiger partial charge is 0.441 e. The average Bonchev–Trinajstić information content (AvgIpc) is 3.27. The molecule has 3 heterocycles. The van der Waals surface area contributed by atoms with Crippen molar-refractivity contribution < 1.29 is 18.8 Å². The Kier molecular flexibility index (Phi) is 6.75. The maximum Gasteiger partial charge on any atom is 0.407 e. The predicted octanol–water partition coefficient (Wildman–Crippen LogP) is 3.51. The van der Waals surface area contributed by atoms with Gasteiger partial charge in [-0.25, -0.2) is 9.78 Å². The number of hydrogen-bond acceptors (Lipinski definition) is 7. The second-order valence-corrected chi connectivity index (χ2v) is 8.21. The molecule has 0 unspecified atom stereocenters. The van der Waals surface area contributed by atoms with Gasteiger partial charge in [0.05, 0.1) is 5.52 Å². The summed E-state index contributed by atoms with van der Waals surface area (Å²) in [6.07, 6.45) is 2.40. The first-order chi connectivity index (χ1) is 15.5. The first kappa shape index (κ1) is 21.9. The molecular weight excluding hydrogens is 434 g/mol. The fourth-order valence-electron chi connectivity index (χ4n) is 3.78. The van der Waals surface area contributed by atoms with Gasteiger partial charge in [-0.2, -0.15) is 0 Å².